The number of benzene rings is 1. The molecule has 3 aromatic rings. The number of nitrogens with one attached hydrogen (secondary N) is 1. The van der Waals surface area contributed by atoms with Crippen molar-refractivity contribution in [3.8, 4) is 0 Å². The van der Waals surface area contributed by atoms with E-state index in [0.29, 0.717) is 21.7 Å². The Morgan fingerprint density at radius 2 is 2.30 bits per heavy atom. The van der Waals surface area contributed by atoms with E-state index < -0.39 is 0 Å². The number of nitrogens with two attached hydrogens (primary N) is 1. The van der Waals surface area contributed by atoms with Gasteiger partial charge in [-0.05, 0) is 12.1 Å². The minimum absolute atomic E-state index is 0.0194. The maximum atomic E-state index is 12.0. The van der Waals surface area contributed by atoms with E-state index >= 15 is 0 Å². The molecule has 102 valence electrons. The number of nitrogens with zero attached hydrogens (tertiary/aromatic N) is 5. The van der Waals surface area contributed by atoms with Crippen molar-refractivity contribution in [2.75, 3.05) is 11.1 Å². The summed E-state index contributed by atoms with van der Waals surface area (Å²) < 4.78 is 9.54. The van der Waals surface area contributed by atoms with E-state index in [0.717, 1.165) is 11.7 Å². The molecule has 0 unspecified atom stereocenters. The average Bonchev–Trinajstić information content (AvgIpc) is 3.02. The van der Waals surface area contributed by atoms with Crippen molar-refractivity contribution < 1.29 is 4.79 Å². The van der Waals surface area contributed by atoms with Gasteiger partial charge in [0.2, 0.25) is 11.9 Å². The minimum atomic E-state index is -0.308. The van der Waals surface area contributed by atoms with Crippen LogP contribution in [0.25, 0.3) is 11.0 Å². The quantitative estimate of drug-likeness (QED) is 0.751. The number of amides is 1. The van der Waals surface area contributed by atoms with Crippen molar-refractivity contribution in [1.82, 2.24) is 23.5 Å². The molecule has 0 saturated heterocycles. The van der Waals surface area contributed by atoms with Gasteiger partial charge in [-0.2, -0.15) is 8.75 Å². The lowest BCUT2D eigenvalue weighted by Crippen LogP contribution is -2.19. The monoisotopic (exact) mass is 309 g/mol. The van der Waals surface area contributed by atoms with Crippen molar-refractivity contribution >= 4 is 51.9 Å². The molecule has 0 aliphatic rings. The van der Waals surface area contributed by atoms with Crippen LogP contribution in [0.3, 0.4) is 0 Å². The van der Waals surface area contributed by atoms with E-state index in [2.05, 4.69) is 24.1 Å². The van der Waals surface area contributed by atoms with Gasteiger partial charge in [0.15, 0.2) is 0 Å². The van der Waals surface area contributed by atoms with Gasteiger partial charge >= 0.3 is 0 Å². The number of anilines is 2. The van der Waals surface area contributed by atoms with Crippen LogP contribution in [-0.4, -0.2) is 29.4 Å². The highest BCUT2D eigenvalue weighted by atomic mass is 35.5. The Balaban J connectivity index is 1.83. The van der Waals surface area contributed by atoms with Crippen LogP contribution in [0.4, 0.5) is 11.6 Å². The van der Waals surface area contributed by atoms with Crippen LogP contribution < -0.4 is 11.1 Å². The van der Waals surface area contributed by atoms with Crippen LogP contribution in [-0.2, 0) is 11.3 Å². The van der Waals surface area contributed by atoms with Crippen LogP contribution in [0.5, 0.6) is 0 Å². The Morgan fingerprint density at radius 3 is 3.05 bits per heavy atom. The molecule has 2 heterocycles. The maximum Gasteiger partial charge on any atom is 0.246 e. The van der Waals surface area contributed by atoms with E-state index in [4.69, 9.17) is 17.3 Å². The topological polar surface area (TPSA) is 112 Å². The van der Waals surface area contributed by atoms with Gasteiger partial charge in [-0.3, -0.25) is 4.79 Å². The summed E-state index contributed by atoms with van der Waals surface area (Å²) in [6.45, 7) is -0.0194. The largest absolute Gasteiger partial charge is 0.367 e. The predicted octanol–water partition coefficient (Wildman–Crippen LogP) is 1.16. The number of rotatable bonds is 3. The van der Waals surface area contributed by atoms with E-state index in [1.54, 1.807) is 12.1 Å². The van der Waals surface area contributed by atoms with Gasteiger partial charge in [-0.15, -0.1) is 5.10 Å². The number of nitrogen functional groups attached to an aromatic ring is 1. The zero-order chi connectivity index (χ0) is 14.1. The van der Waals surface area contributed by atoms with Crippen LogP contribution in [0, 0.1) is 0 Å². The molecule has 0 aliphatic carbocycles. The molecule has 2 aromatic heterocycles. The number of hydrogen-bond donors (Lipinski definition) is 2. The van der Waals surface area contributed by atoms with Gasteiger partial charge < -0.3 is 11.1 Å². The Labute approximate surface area is 121 Å². The first-order valence-corrected chi connectivity index (χ1v) is 6.60. The Bertz CT molecular complexity index is 783. The summed E-state index contributed by atoms with van der Waals surface area (Å²) >= 11 is 7.13. The van der Waals surface area contributed by atoms with E-state index in [1.165, 1.54) is 11.0 Å². The Hall–Kier alpha value is -2.26. The highest BCUT2D eigenvalue weighted by Crippen LogP contribution is 2.29. The number of aromatic nitrogens is 5. The smallest absolute Gasteiger partial charge is 0.246 e. The SMILES string of the molecule is Nc1ncn(CC(=O)Nc2c(Cl)ccc3nsnc23)n1. The van der Waals surface area contributed by atoms with Gasteiger partial charge in [-0.25, -0.2) is 9.67 Å². The first-order valence-electron chi connectivity index (χ1n) is 5.49. The van der Waals surface area contributed by atoms with Gasteiger partial charge in [0.25, 0.3) is 0 Å². The fourth-order valence-electron chi connectivity index (χ4n) is 1.66. The van der Waals surface area contributed by atoms with Crippen molar-refractivity contribution in [2.45, 2.75) is 6.54 Å². The van der Waals surface area contributed by atoms with Crippen LogP contribution in [0.1, 0.15) is 0 Å². The highest BCUT2D eigenvalue weighted by Gasteiger charge is 2.13. The van der Waals surface area contributed by atoms with Crippen LogP contribution in [0.2, 0.25) is 5.02 Å². The molecule has 8 nitrogen and oxygen atoms in total. The van der Waals surface area contributed by atoms with Gasteiger partial charge in [-0.1, -0.05) is 11.6 Å². The lowest BCUT2D eigenvalue weighted by Gasteiger charge is -2.07. The molecule has 1 amide bonds. The molecule has 3 rings (SSSR count). The summed E-state index contributed by atoms with van der Waals surface area (Å²) in [5, 5.41) is 6.93. The summed E-state index contributed by atoms with van der Waals surface area (Å²) in [6, 6.07) is 3.41. The van der Waals surface area contributed by atoms with Crippen LogP contribution in [0.15, 0.2) is 18.5 Å². The van der Waals surface area contributed by atoms with E-state index in [-0.39, 0.29) is 18.4 Å². The molecular formula is C10H8ClN7OS. The molecule has 0 atom stereocenters. The summed E-state index contributed by atoms with van der Waals surface area (Å²) in [7, 11) is 0. The molecule has 0 radical (unpaired) electrons. The maximum absolute atomic E-state index is 12.0. The van der Waals surface area contributed by atoms with Crippen molar-refractivity contribution in [1.29, 1.82) is 0 Å². The summed E-state index contributed by atoms with van der Waals surface area (Å²) in [4.78, 5) is 15.7. The first-order chi connectivity index (χ1) is 9.63. The molecule has 0 saturated carbocycles. The zero-order valence-electron chi connectivity index (χ0n) is 9.95. The molecule has 1 aromatic carbocycles. The number of carbonyl (C=O) groups excluding carboxylic acids is 1. The zero-order valence-corrected chi connectivity index (χ0v) is 11.5. The second-order valence-corrected chi connectivity index (χ2v) is 4.84. The average molecular weight is 310 g/mol. The molecule has 20 heavy (non-hydrogen) atoms. The molecule has 0 fully saturated rings. The van der Waals surface area contributed by atoms with Crippen LogP contribution >= 0.6 is 23.3 Å². The van der Waals surface area contributed by atoms with Crippen molar-refractivity contribution in [3.05, 3.63) is 23.5 Å². The number of carbonyl (C=O) groups is 1. The van der Waals surface area contributed by atoms with Crippen molar-refractivity contribution in [3.63, 3.8) is 0 Å². The minimum Gasteiger partial charge on any atom is -0.367 e. The van der Waals surface area contributed by atoms with E-state index in [9.17, 15) is 4.79 Å². The highest BCUT2D eigenvalue weighted by molar-refractivity contribution is 7.00. The lowest BCUT2D eigenvalue weighted by atomic mass is 10.2. The van der Waals surface area contributed by atoms with E-state index in [1.807, 2.05) is 0 Å². The number of halogens is 1. The van der Waals surface area contributed by atoms with Crippen molar-refractivity contribution in [2.24, 2.45) is 0 Å². The Morgan fingerprint density at radius 1 is 1.45 bits per heavy atom. The molecule has 0 bridgehead atoms. The third-order valence-corrected chi connectivity index (χ3v) is 3.36. The normalized spacial score (nSPS) is 10.8. The first kappa shape index (κ1) is 12.8. The lowest BCUT2D eigenvalue weighted by molar-refractivity contribution is -0.116. The molecular weight excluding hydrogens is 302 g/mol. The second-order valence-electron chi connectivity index (χ2n) is 3.90. The molecule has 10 heteroatoms. The third-order valence-electron chi connectivity index (χ3n) is 2.50. The second kappa shape index (κ2) is 5.02. The third kappa shape index (κ3) is 2.40. The van der Waals surface area contributed by atoms with Gasteiger partial charge in [0.05, 0.1) is 22.4 Å². The summed E-state index contributed by atoms with van der Waals surface area (Å²) in [5.74, 6) is -0.195. The summed E-state index contributed by atoms with van der Waals surface area (Å²) in [6.07, 6.45) is 1.38. The predicted molar refractivity (Wildman–Crippen MR) is 75.5 cm³/mol. The molecule has 3 N–H and O–H groups in total. The fourth-order valence-corrected chi connectivity index (χ4v) is 2.40. The molecule has 0 aliphatic heterocycles. The number of fused-ring (bicyclic) bond motifs is 1. The standard InChI is InChI=1S/C10H8ClN7OS/c11-5-1-2-6-9(17-20-16-6)8(5)14-7(19)3-18-4-13-10(12)15-18/h1-2,4H,3H2,(H2,12,15)(H,14,19). The van der Waals surface area contributed by atoms with Gasteiger partial charge in [0, 0.05) is 0 Å². The molecule has 0 spiro atoms. The Kier molecular flexibility index (Phi) is 3.20. The van der Waals surface area contributed by atoms with Gasteiger partial charge in [0.1, 0.15) is 23.9 Å². The summed E-state index contributed by atoms with van der Waals surface area (Å²) in [5.41, 5.74) is 7.06. The fraction of sp³-hybridized carbons (Fsp3) is 0.100. The number of hydrogen-bond acceptors (Lipinski definition) is 7.